The standard InChI is InChI=1S/C18H19N3O3S/c22-15-10-4-3-8-13(15)16(23)20-21-17(24)14-9-5-11-19-18(14)25-12-6-1-2-7-12/h3-5,8-12,22H,1-2,6-7H2,(H,20,23)(H,21,24). The number of aromatic hydroxyl groups is 1. The van der Waals surface area contributed by atoms with Gasteiger partial charge in [-0.2, -0.15) is 0 Å². The molecule has 0 unspecified atom stereocenters. The number of hydrazine groups is 1. The number of pyridine rings is 1. The molecule has 0 bridgehead atoms. The van der Waals surface area contributed by atoms with Crippen LogP contribution in [-0.2, 0) is 0 Å². The van der Waals surface area contributed by atoms with Crippen LogP contribution in [0.4, 0.5) is 0 Å². The van der Waals surface area contributed by atoms with E-state index in [0.29, 0.717) is 15.8 Å². The molecular formula is C18H19N3O3S. The highest BCUT2D eigenvalue weighted by Gasteiger charge is 2.21. The number of phenolic OH excluding ortho intramolecular Hbond substituents is 1. The van der Waals surface area contributed by atoms with E-state index in [4.69, 9.17) is 0 Å². The minimum atomic E-state index is -0.583. The fourth-order valence-corrected chi connectivity index (χ4v) is 4.03. The number of carbonyl (C=O) groups is 2. The van der Waals surface area contributed by atoms with Gasteiger partial charge < -0.3 is 5.11 Å². The number of hydrogen-bond donors (Lipinski definition) is 3. The smallest absolute Gasteiger partial charge is 0.273 e. The quantitative estimate of drug-likeness (QED) is 0.732. The Morgan fingerprint density at radius 3 is 2.36 bits per heavy atom. The molecule has 6 nitrogen and oxygen atoms in total. The van der Waals surface area contributed by atoms with Gasteiger partial charge in [0, 0.05) is 11.4 Å². The first-order chi connectivity index (χ1) is 12.1. The Morgan fingerprint density at radius 1 is 1.00 bits per heavy atom. The SMILES string of the molecule is O=C(NNC(=O)c1cccnc1SC1CCCC1)c1ccccc1O. The molecule has 3 N–H and O–H groups in total. The third-order valence-corrected chi connectivity index (χ3v) is 5.39. The van der Waals surface area contributed by atoms with Gasteiger partial charge in [0.25, 0.3) is 11.8 Å². The highest BCUT2D eigenvalue weighted by molar-refractivity contribution is 7.99. The van der Waals surface area contributed by atoms with E-state index in [1.807, 2.05) is 0 Å². The Bertz CT molecular complexity index is 776. The maximum absolute atomic E-state index is 12.4. The molecule has 3 rings (SSSR count). The van der Waals surface area contributed by atoms with E-state index in [9.17, 15) is 14.7 Å². The van der Waals surface area contributed by atoms with Gasteiger partial charge in [0.1, 0.15) is 10.8 Å². The van der Waals surface area contributed by atoms with Gasteiger partial charge in [0.2, 0.25) is 0 Å². The highest BCUT2D eigenvalue weighted by Crippen LogP contribution is 2.35. The van der Waals surface area contributed by atoms with E-state index in [1.165, 1.54) is 25.0 Å². The molecule has 1 heterocycles. The largest absolute Gasteiger partial charge is 0.507 e. The Balaban J connectivity index is 1.65. The van der Waals surface area contributed by atoms with E-state index in [1.54, 1.807) is 42.2 Å². The molecule has 1 fully saturated rings. The predicted octanol–water partition coefficient (Wildman–Crippen LogP) is 2.90. The summed E-state index contributed by atoms with van der Waals surface area (Å²) in [5.74, 6) is -1.16. The number of aromatic nitrogens is 1. The van der Waals surface area contributed by atoms with Gasteiger partial charge in [-0.15, -0.1) is 11.8 Å². The van der Waals surface area contributed by atoms with E-state index < -0.39 is 11.8 Å². The Kier molecular flexibility index (Phi) is 5.55. The van der Waals surface area contributed by atoms with Crippen molar-refractivity contribution < 1.29 is 14.7 Å². The molecule has 25 heavy (non-hydrogen) atoms. The maximum atomic E-state index is 12.4. The van der Waals surface area contributed by atoms with Crippen LogP contribution in [0.3, 0.4) is 0 Å². The summed E-state index contributed by atoms with van der Waals surface area (Å²) in [7, 11) is 0. The van der Waals surface area contributed by atoms with Crippen LogP contribution in [0.25, 0.3) is 0 Å². The third kappa shape index (κ3) is 4.30. The number of thioether (sulfide) groups is 1. The summed E-state index contributed by atoms with van der Waals surface area (Å²) in [5.41, 5.74) is 5.23. The molecule has 0 spiro atoms. The average Bonchev–Trinajstić information content (AvgIpc) is 3.13. The van der Waals surface area contributed by atoms with Crippen molar-refractivity contribution >= 4 is 23.6 Å². The molecule has 2 aromatic rings. The Hall–Kier alpha value is -2.54. The molecule has 7 heteroatoms. The molecule has 2 amide bonds. The summed E-state index contributed by atoms with van der Waals surface area (Å²) < 4.78 is 0. The minimum absolute atomic E-state index is 0.0922. The van der Waals surface area contributed by atoms with Crippen LogP contribution in [0.15, 0.2) is 47.6 Å². The monoisotopic (exact) mass is 357 g/mol. The molecule has 1 aromatic carbocycles. The van der Waals surface area contributed by atoms with Gasteiger partial charge in [-0.3, -0.25) is 20.4 Å². The maximum Gasteiger partial charge on any atom is 0.273 e. The zero-order valence-corrected chi connectivity index (χ0v) is 14.4. The lowest BCUT2D eigenvalue weighted by molar-refractivity contribution is 0.0843. The zero-order chi connectivity index (χ0) is 17.6. The second-order valence-electron chi connectivity index (χ2n) is 5.81. The van der Waals surface area contributed by atoms with E-state index in [0.717, 1.165) is 12.8 Å². The fourth-order valence-electron chi connectivity index (χ4n) is 2.74. The molecule has 1 aliphatic rings. The molecule has 1 saturated carbocycles. The summed E-state index contributed by atoms with van der Waals surface area (Å²) in [5, 5.41) is 10.8. The van der Waals surface area contributed by atoms with E-state index in [-0.39, 0.29) is 11.3 Å². The van der Waals surface area contributed by atoms with Gasteiger partial charge in [0.15, 0.2) is 0 Å². The van der Waals surface area contributed by atoms with Crippen molar-refractivity contribution in [2.75, 3.05) is 0 Å². The van der Waals surface area contributed by atoms with Crippen molar-refractivity contribution in [1.29, 1.82) is 0 Å². The molecule has 0 radical (unpaired) electrons. The van der Waals surface area contributed by atoms with Crippen molar-refractivity contribution in [3.05, 3.63) is 53.7 Å². The molecule has 130 valence electrons. The molecule has 0 saturated heterocycles. The summed E-state index contributed by atoms with van der Waals surface area (Å²) in [4.78, 5) is 28.8. The van der Waals surface area contributed by atoms with Crippen molar-refractivity contribution in [2.45, 2.75) is 36.0 Å². The van der Waals surface area contributed by atoms with Crippen LogP contribution in [0, 0.1) is 0 Å². The van der Waals surface area contributed by atoms with Gasteiger partial charge in [-0.1, -0.05) is 25.0 Å². The topological polar surface area (TPSA) is 91.3 Å². The Morgan fingerprint density at radius 2 is 1.64 bits per heavy atom. The summed E-state index contributed by atoms with van der Waals surface area (Å²) in [6.45, 7) is 0. The predicted molar refractivity (Wildman–Crippen MR) is 95.4 cm³/mol. The van der Waals surface area contributed by atoms with Crippen LogP contribution in [0.1, 0.15) is 46.4 Å². The lowest BCUT2D eigenvalue weighted by Crippen LogP contribution is -2.41. The third-order valence-electron chi connectivity index (χ3n) is 4.03. The first-order valence-electron chi connectivity index (χ1n) is 8.15. The number of rotatable bonds is 4. The highest BCUT2D eigenvalue weighted by atomic mass is 32.2. The van der Waals surface area contributed by atoms with Crippen LogP contribution in [0.2, 0.25) is 0 Å². The average molecular weight is 357 g/mol. The summed E-state index contributed by atoms with van der Waals surface area (Å²) in [6.07, 6.45) is 6.35. The first-order valence-corrected chi connectivity index (χ1v) is 9.03. The van der Waals surface area contributed by atoms with Crippen LogP contribution in [0.5, 0.6) is 5.75 Å². The van der Waals surface area contributed by atoms with Crippen LogP contribution < -0.4 is 10.9 Å². The van der Waals surface area contributed by atoms with Gasteiger partial charge in [0.05, 0.1) is 11.1 Å². The first kappa shape index (κ1) is 17.3. The van der Waals surface area contributed by atoms with Gasteiger partial charge in [-0.05, 0) is 37.1 Å². The van der Waals surface area contributed by atoms with Crippen LogP contribution in [-0.4, -0.2) is 27.2 Å². The number of nitrogens with one attached hydrogen (secondary N) is 2. The van der Waals surface area contributed by atoms with E-state index >= 15 is 0 Å². The molecular weight excluding hydrogens is 338 g/mol. The summed E-state index contributed by atoms with van der Waals surface area (Å²) in [6, 6.07) is 9.52. The lowest BCUT2D eigenvalue weighted by atomic mass is 10.2. The van der Waals surface area contributed by atoms with Crippen molar-refractivity contribution in [3.8, 4) is 5.75 Å². The number of phenols is 1. The Labute approximate surface area is 150 Å². The van der Waals surface area contributed by atoms with Crippen molar-refractivity contribution in [1.82, 2.24) is 15.8 Å². The zero-order valence-electron chi connectivity index (χ0n) is 13.6. The minimum Gasteiger partial charge on any atom is -0.507 e. The number of nitrogens with zero attached hydrogens (tertiary/aromatic N) is 1. The molecule has 0 aliphatic heterocycles. The van der Waals surface area contributed by atoms with Crippen molar-refractivity contribution in [3.63, 3.8) is 0 Å². The second-order valence-corrected chi connectivity index (χ2v) is 7.09. The normalized spacial score (nSPS) is 14.2. The van der Waals surface area contributed by atoms with Crippen LogP contribution >= 0.6 is 11.8 Å². The molecule has 1 aromatic heterocycles. The van der Waals surface area contributed by atoms with Crippen molar-refractivity contribution in [2.24, 2.45) is 0 Å². The van der Waals surface area contributed by atoms with Gasteiger partial charge in [-0.25, -0.2) is 4.98 Å². The molecule has 0 atom stereocenters. The number of carbonyl (C=O) groups excluding carboxylic acids is 2. The fraction of sp³-hybridized carbons (Fsp3) is 0.278. The molecule has 1 aliphatic carbocycles. The lowest BCUT2D eigenvalue weighted by Gasteiger charge is -2.13. The number of amides is 2. The van der Waals surface area contributed by atoms with E-state index in [2.05, 4.69) is 15.8 Å². The second kappa shape index (κ2) is 8.02. The number of para-hydroxylation sites is 1. The number of benzene rings is 1. The summed E-state index contributed by atoms with van der Waals surface area (Å²) >= 11 is 1.61. The van der Waals surface area contributed by atoms with Gasteiger partial charge >= 0.3 is 0 Å². The number of hydrogen-bond acceptors (Lipinski definition) is 5.